The Morgan fingerprint density at radius 2 is 1.67 bits per heavy atom. The molecule has 4 heterocycles. The Labute approximate surface area is 248 Å². The number of nitrogen functional groups attached to an aromatic ring is 1. The number of benzene rings is 2. The molecule has 9 nitrogen and oxygen atoms in total. The number of carbonyl (C=O) groups is 1. The van der Waals surface area contributed by atoms with Gasteiger partial charge in [0.1, 0.15) is 29.2 Å². The Morgan fingerprint density at radius 1 is 1.00 bits per heavy atom. The lowest BCUT2D eigenvalue weighted by molar-refractivity contribution is 0.0612. The van der Waals surface area contributed by atoms with E-state index in [1.54, 1.807) is 36.7 Å². The fraction of sp³-hybridized carbons (Fsp3) is 0.273. The summed E-state index contributed by atoms with van der Waals surface area (Å²) >= 11 is 0. The van der Waals surface area contributed by atoms with Gasteiger partial charge in [-0.3, -0.25) is 9.59 Å². The molecule has 3 aromatic heterocycles. The van der Waals surface area contributed by atoms with Crippen molar-refractivity contribution in [3.05, 3.63) is 95.1 Å². The lowest BCUT2D eigenvalue weighted by Crippen LogP contribution is -2.26. The highest BCUT2D eigenvalue weighted by Gasteiger charge is 2.20. The van der Waals surface area contributed by atoms with Crippen LogP contribution in [0, 0.1) is 11.7 Å². The highest BCUT2D eigenvalue weighted by atomic mass is 19.1. The zero-order chi connectivity index (χ0) is 30.1. The summed E-state index contributed by atoms with van der Waals surface area (Å²) in [4.78, 5) is 35.7. The van der Waals surface area contributed by atoms with Crippen LogP contribution in [0.25, 0.3) is 33.3 Å². The van der Waals surface area contributed by atoms with Gasteiger partial charge in [-0.25, -0.2) is 14.4 Å². The third-order valence-electron chi connectivity index (χ3n) is 7.94. The van der Waals surface area contributed by atoms with Crippen molar-refractivity contribution in [3.8, 4) is 22.3 Å². The van der Waals surface area contributed by atoms with Gasteiger partial charge in [-0.05, 0) is 68.0 Å². The molecule has 0 unspecified atom stereocenters. The number of carbonyl (C=O) groups excluding carboxylic acids is 1. The van der Waals surface area contributed by atoms with Gasteiger partial charge < -0.3 is 24.9 Å². The van der Waals surface area contributed by atoms with Gasteiger partial charge in [0.25, 0.3) is 5.91 Å². The molecule has 220 valence electrons. The van der Waals surface area contributed by atoms with Crippen LogP contribution in [-0.2, 0) is 11.3 Å². The standard InChI is InChI=1S/C33H33FN6O3/c1-20(2)40-18-26(29-31(35)36-19-37-32(29)40)22-5-9-25(10-6-22)38-33(42)28-17-39(15-21-11-13-43-14-12-21)16-27(30(28)41)23-3-7-24(34)8-4-23/h3-10,16-21H,11-15H2,1-2H3,(H,38,42)(H2,35,36,37). The van der Waals surface area contributed by atoms with Crippen molar-refractivity contribution in [2.24, 2.45) is 5.92 Å². The summed E-state index contributed by atoms with van der Waals surface area (Å²) < 4.78 is 23.1. The Bertz CT molecular complexity index is 1840. The van der Waals surface area contributed by atoms with E-state index in [0.717, 1.165) is 35.0 Å². The normalized spacial score (nSPS) is 14.0. The SMILES string of the molecule is CC(C)n1cc(-c2ccc(NC(=O)c3cn(CC4CCOCC4)cc(-c4ccc(F)cc4)c3=O)cc2)c2c(N)ncnc21. The number of amides is 1. The molecule has 0 saturated carbocycles. The summed E-state index contributed by atoms with van der Waals surface area (Å²) in [6.07, 6.45) is 8.63. The summed E-state index contributed by atoms with van der Waals surface area (Å²) in [5, 5.41) is 3.66. The van der Waals surface area contributed by atoms with Crippen molar-refractivity contribution < 1.29 is 13.9 Å². The first-order chi connectivity index (χ1) is 20.8. The Morgan fingerprint density at radius 3 is 2.37 bits per heavy atom. The number of ether oxygens (including phenoxy) is 1. The molecule has 1 amide bonds. The summed E-state index contributed by atoms with van der Waals surface area (Å²) in [5.41, 5.74) is 9.81. The van der Waals surface area contributed by atoms with Crippen molar-refractivity contribution in [2.75, 3.05) is 24.3 Å². The molecule has 0 radical (unpaired) electrons. The molecule has 6 rings (SSSR count). The zero-order valence-corrected chi connectivity index (χ0v) is 24.1. The fourth-order valence-electron chi connectivity index (χ4n) is 5.61. The lowest BCUT2D eigenvalue weighted by Gasteiger charge is -2.23. The van der Waals surface area contributed by atoms with Crippen LogP contribution in [0.5, 0.6) is 0 Å². The highest BCUT2D eigenvalue weighted by molar-refractivity contribution is 6.05. The number of pyridine rings is 1. The predicted octanol–water partition coefficient (Wildman–Crippen LogP) is 5.91. The van der Waals surface area contributed by atoms with Crippen molar-refractivity contribution in [2.45, 2.75) is 39.3 Å². The maximum Gasteiger partial charge on any atom is 0.261 e. The smallest absolute Gasteiger partial charge is 0.261 e. The van der Waals surface area contributed by atoms with Crippen molar-refractivity contribution >= 4 is 28.4 Å². The molecular formula is C33H33FN6O3. The lowest BCUT2D eigenvalue weighted by atomic mass is 9.99. The number of aromatic nitrogens is 4. The van der Waals surface area contributed by atoms with Crippen LogP contribution in [0.3, 0.4) is 0 Å². The summed E-state index contributed by atoms with van der Waals surface area (Å²) in [6, 6.07) is 13.3. The summed E-state index contributed by atoms with van der Waals surface area (Å²) in [5.74, 6) is -0.152. The first-order valence-corrected chi connectivity index (χ1v) is 14.4. The van der Waals surface area contributed by atoms with Gasteiger partial charge in [0.15, 0.2) is 0 Å². The zero-order valence-electron chi connectivity index (χ0n) is 24.1. The molecule has 43 heavy (non-hydrogen) atoms. The van der Waals surface area contributed by atoms with Gasteiger partial charge >= 0.3 is 0 Å². The second kappa shape index (κ2) is 11.8. The van der Waals surface area contributed by atoms with Gasteiger partial charge in [-0.15, -0.1) is 0 Å². The molecule has 3 N–H and O–H groups in total. The van der Waals surface area contributed by atoms with Crippen LogP contribution in [0.15, 0.2) is 78.2 Å². The van der Waals surface area contributed by atoms with Gasteiger partial charge in [0.2, 0.25) is 5.43 Å². The number of halogens is 1. The summed E-state index contributed by atoms with van der Waals surface area (Å²) in [6.45, 7) is 6.17. The van der Waals surface area contributed by atoms with Gasteiger partial charge in [-0.2, -0.15) is 0 Å². The third-order valence-corrected chi connectivity index (χ3v) is 7.94. The van der Waals surface area contributed by atoms with Crippen LogP contribution >= 0.6 is 0 Å². The number of hydrogen-bond acceptors (Lipinski definition) is 6. The number of nitrogens with one attached hydrogen (secondary N) is 1. The van der Waals surface area contributed by atoms with E-state index in [0.29, 0.717) is 48.3 Å². The monoisotopic (exact) mass is 580 g/mol. The van der Waals surface area contributed by atoms with E-state index in [1.165, 1.54) is 18.5 Å². The molecule has 5 aromatic rings. The first-order valence-electron chi connectivity index (χ1n) is 14.4. The quantitative estimate of drug-likeness (QED) is 0.247. The number of nitrogens with zero attached hydrogens (tertiary/aromatic N) is 4. The van der Waals surface area contributed by atoms with E-state index in [9.17, 15) is 14.0 Å². The molecule has 1 saturated heterocycles. The predicted molar refractivity (Wildman–Crippen MR) is 165 cm³/mol. The molecule has 2 aromatic carbocycles. The number of nitrogens with two attached hydrogens (primary N) is 1. The van der Waals surface area contributed by atoms with Crippen molar-refractivity contribution in [1.29, 1.82) is 0 Å². The molecule has 0 bridgehead atoms. The Hall–Kier alpha value is -4.83. The van der Waals surface area contributed by atoms with E-state index in [1.807, 2.05) is 22.9 Å². The second-order valence-corrected chi connectivity index (χ2v) is 11.2. The van der Waals surface area contributed by atoms with Crippen molar-refractivity contribution in [1.82, 2.24) is 19.1 Å². The van der Waals surface area contributed by atoms with E-state index in [-0.39, 0.29) is 11.6 Å². The number of fused-ring (bicyclic) bond motifs is 1. The summed E-state index contributed by atoms with van der Waals surface area (Å²) in [7, 11) is 0. The van der Waals surface area contributed by atoms with E-state index >= 15 is 0 Å². The van der Waals surface area contributed by atoms with E-state index in [4.69, 9.17) is 10.5 Å². The Kier molecular flexibility index (Phi) is 7.77. The molecule has 0 spiro atoms. The first kappa shape index (κ1) is 28.3. The van der Waals surface area contributed by atoms with Crippen LogP contribution < -0.4 is 16.5 Å². The second-order valence-electron chi connectivity index (χ2n) is 11.2. The molecule has 1 aliphatic heterocycles. The topological polar surface area (TPSA) is 117 Å². The van der Waals surface area contributed by atoms with Gasteiger partial charge in [0, 0.05) is 61.2 Å². The third kappa shape index (κ3) is 5.78. The number of hydrogen-bond donors (Lipinski definition) is 2. The fourth-order valence-corrected chi connectivity index (χ4v) is 5.61. The number of rotatable bonds is 7. The van der Waals surface area contributed by atoms with Gasteiger partial charge in [0.05, 0.1) is 5.39 Å². The molecule has 1 fully saturated rings. The molecule has 1 aliphatic rings. The van der Waals surface area contributed by atoms with Crippen LogP contribution in [0.2, 0.25) is 0 Å². The maximum absolute atomic E-state index is 13.6. The van der Waals surface area contributed by atoms with Crippen LogP contribution in [0.1, 0.15) is 43.1 Å². The van der Waals surface area contributed by atoms with E-state index < -0.39 is 17.2 Å². The maximum atomic E-state index is 13.6. The largest absolute Gasteiger partial charge is 0.383 e. The average Bonchev–Trinajstić information content (AvgIpc) is 3.41. The average molecular weight is 581 g/mol. The van der Waals surface area contributed by atoms with Crippen molar-refractivity contribution in [3.63, 3.8) is 0 Å². The molecular weight excluding hydrogens is 547 g/mol. The highest BCUT2D eigenvalue weighted by Crippen LogP contribution is 2.34. The van der Waals surface area contributed by atoms with Crippen LogP contribution in [0.4, 0.5) is 15.9 Å². The number of anilines is 2. The van der Waals surface area contributed by atoms with E-state index in [2.05, 4.69) is 33.7 Å². The molecule has 10 heteroatoms. The van der Waals surface area contributed by atoms with Crippen LogP contribution in [-0.4, -0.2) is 38.2 Å². The minimum Gasteiger partial charge on any atom is -0.383 e. The van der Waals surface area contributed by atoms with Gasteiger partial charge in [-0.1, -0.05) is 24.3 Å². The Balaban J connectivity index is 1.31. The minimum absolute atomic E-state index is 0.0166. The molecule has 0 atom stereocenters. The minimum atomic E-state index is -0.517. The molecule has 0 aliphatic carbocycles.